The Morgan fingerprint density at radius 3 is 3.08 bits per heavy atom. The molecule has 8 nitrogen and oxygen atoms in total. The van der Waals surface area contributed by atoms with Crippen molar-refractivity contribution in [1.82, 2.24) is 15.3 Å². The van der Waals surface area contributed by atoms with E-state index in [2.05, 4.69) is 20.6 Å². The number of halogens is 1. The van der Waals surface area contributed by atoms with Crippen LogP contribution in [0.25, 0.3) is 0 Å². The minimum absolute atomic E-state index is 0.0443. The fourth-order valence-corrected chi connectivity index (χ4v) is 2.11. The Bertz CT molecular complexity index is 878. The summed E-state index contributed by atoms with van der Waals surface area (Å²) in [6.07, 6.45) is 0.947. The van der Waals surface area contributed by atoms with Gasteiger partial charge in [0, 0.05) is 6.54 Å². The lowest BCUT2D eigenvalue weighted by Gasteiger charge is -2.18. The predicted octanol–water partition coefficient (Wildman–Crippen LogP) is 0.748. The lowest BCUT2D eigenvalue weighted by atomic mass is 10.1. The number of rotatable bonds is 3. The highest BCUT2D eigenvalue weighted by Crippen LogP contribution is 2.28. The van der Waals surface area contributed by atoms with E-state index in [9.17, 15) is 14.0 Å². The number of carbonyl (C=O) groups excluding carboxylic acids is 2. The number of carbonyl (C=O) groups is 2. The number of nitriles is 1. The maximum Gasteiger partial charge on any atom is 0.273 e. The zero-order chi connectivity index (χ0) is 17.1. The normalized spacial score (nSPS) is 12.4. The summed E-state index contributed by atoms with van der Waals surface area (Å²) in [6.45, 7) is 0.0324. The number of amides is 2. The second kappa shape index (κ2) is 6.29. The summed E-state index contributed by atoms with van der Waals surface area (Å²) in [5.41, 5.74) is 0.167. The van der Waals surface area contributed by atoms with Crippen LogP contribution in [0.1, 0.15) is 21.7 Å². The van der Waals surface area contributed by atoms with E-state index in [0.29, 0.717) is 17.0 Å². The molecule has 0 saturated carbocycles. The molecule has 1 aromatic carbocycles. The van der Waals surface area contributed by atoms with Gasteiger partial charge in [-0.15, -0.1) is 0 Å². The van der Waals surface area contributed by atoms with E-state index < -0.39 is 23.1 Å². The first kappa shape index (κ1) is 15.4. The van der Waals surface area contributed by atoms with Crippen molar-refractivity contribution in [2.45, 2.75) is 6.54 Å². The van der Waals surface area contributed by atoms with Crippen LogP contribution in [0.2, 0.25) is 0 Å². The van der Waals surface area contributed by atoms with Gasteiger partial charge in [0.1, 0.15) is 18.1 Å². The van der Waals surface area contributed by atoms with Gasteiger partial charge in [-0.2, -0.15) is 5.26 Å². The molecule has 0 fully saturated rings. The molecule has 1 aliphatic heterocycles. The molecule has 0 saturated heterocycles. The third-order valence-electron chi connectivity index (χ3n) is 3.24. The van der Waals surface area contributed by atoms with Gasteiger partial charge in [-0.05, 0) is 17.7 Å². The van der Waals surface area contributed by atoms with Crippen molar-refractivity contribution in [3.8, 4) is 11.8 Å². The average Bonchev–Trinajstić information content (AvgIpc) is 2.59. The van der Waals surface area contributed by atoms with E-state index in [-0.39, 0.29) is 19.1 Å². The smallest absolute Gasteiger partial charge is 0.273 e. The lowest BCUT2D eigenvalue weighted by molar-refractivity contribution is -0.118. The second-order valence-corrected chi connectivity index (χ2v) is 4.85. The van der Waals surface area contributed by atoms with E-state index in [1.54, 1.807) is 24.3 Å². The van der Waals surface area contributed by atoms with Gasteiger partial charge in [0.15, 0.2) is 23.8 Å². The average molecular weight is 327 g/mol. The molecular weight excluding hydrogens is 317 g/mol. The van der Waals surface area contributed by atoms with Gasteiger partial charge in [-0.25, -0.2) is 14.4 Å². The molecule has 2 heterocycles. The molecule has 0 spiro atoms. The van der Waals surface area contributed by atoms with Gasteiger partial charge in [0.2, 0.25) is 0 Å². The van der Waals surface area contributed by atoms with Crippen molar-refractivity contribution in [3.63, 3.8) is 0 Å². The van der Waals surface area contributed by atoms with E-state index in [0.717, 1.165) is 6.33 Å². The molecule has 120 valence electrons. The Morgan fingerprint density at radius 2 is 2.29 bits per heavy atom. The fraction of sp³-hybridized carbons (Fsp3) is 0.133. The number of benzene rings is 1. The van der Waals surface area contributed by atoms with Gasteiger partial charge >= 0.3 is 0 Å². The predicted molar refractivity (Wildman–Crippen MR) is 78.4 cm³/mol. The van der Waals surface area contributed by atoms with Crippen molar-refractivity contribution in [3.05, 3.63) is 47.3 Å². The van der Waals surface area contributed by atoms with Crippen LogP contribution in [0.3, 0.4) is 0 Å². The molecule has 2 amide bonds. The molecule has 9 heteroatoms. The number of hydrogen-bond acceptors (Lipinski definition) is 6. The van der Waals surface area contributed by atoms with Crippen LogP contribution in [0.5, 0.6) is 5.75 Å². The van der Waals surface area contributed by atoms with Crippen molar-refractivity contribution in [2.24, 2.45) is 0 Å². The van der Waals surface area contributed by atoms with Crippen LogP contribution >= 0.6 is 0 Å². The summed E-state index contributed by atoms with van der Waals surface area (Å²) in [4.78, 5) is 30.3. The monoisotopic (exact) mass is 327 g/mol. The third kappa shape index (κ3) is 2.98. The van der Waals surface area contributed by atoms with E-state index in [1.807, 2.05) is 0 Å². The summed E-state index contributed by atoms with van der Waals surface area (Å²) in [7, 11) is 0. The Labute approximate surface area is 135 Å². The summed E-state index contributed by atoms with van der Waals surface area (Å²) in [5, 5.41) is 13.9. The van der Waals surface area contributed by atoms with Crippen molar-refractivity contribution < 1.29 is 18.7 Å². The maximum absolute atomic E-state index is 13.8. The maximum atomic E-state index is 13.8. The number of hydrogen-bond donors (Lipinski definition) is 2. The van der Waals surface area contributed by atoms with Crippen LogP contribution in [-0.2, 0) is 11.3 Å². The van der Waals surface area contributed by atoms with Crippen LogP contribution in [0.15, 0.2) is 24.5 Å². The molecule has 0 atom stereocenters. The number of aromatic nitrogens is 2. The third-order valence-corrected chi connectivity index (χ3v) is 3.24. The molecular formula is C15H10FN5O3. The standard InChI is InChI=1S/C15H10FN5O3/c16-13-10(4-17)19-7-20-14(13)15(23)18-5-8-1-2-11-9(3-8)21-12(22)6-24-11/h1-3,7H,5-6H2,(H,18,23)(H,21,22). The van der Waals surface area contributed by atoms with Crippen LogP contribution in [0.4, 0.5) is 10.1 Å². The van der Waals surface area contributed by atoms with E-state index in [4.69, 9.17) is 10.00 Å². The zero-order valence-electron chi connectivity index (χ0n) is 12.2. The molecule has 1 aromatic heterocycles. The molecule has 0 bridgehead atoms. The summed E-state index contributed by atoms with van der Waals surface area (Å²) >= 11 is 0. The summed E-state index contributed by atoms with van der Waals surface area (Å²) in [6, 6.07) is 6.55. The molecule has 0 unspecified atom stereocenters. The van der Waals surface area contributed by atoms with E-state index >= 15 is 0 Å². The summed E-state index contributed by atoms with van der Waals surface area (Å²) < 4.78 is 19.1. The Hall–Kier alpha value is -3.54. The number of nitrogens with zero attached hydrogens (tertiary/aromatic N) is 3. The first-order valence-corrected chi connectivity index (χ1v) is 6.83. The van der Waals surface area contributed by atoms with Crippen LogP contribution in [0, 0.1) is 17.1 Å². The largest absolute Gasteiger partial charge is 0.482 e. The fourth-order valence-electron chi connectivity index (χ4n) is 2.11. The van der Waals surface area contributed by atoms with Gasteiger partial charge < -0.3 is 15.4 Å². The van der Waals surface area contributed by atoms with Crippen LogP contribution in [-0.4, -0.2) is 28.4 Å². The SMILES string of the molecule is N#Cc1ncnc(C(=O)NCc2ccc3c(c2)NC(=O)CO3)c1F. The van der Waals surface area contributed by atoms with Crippen LogP contribution < -0.4 is 15.4 Å². The number of anilines is 1. The molecule has 24 heavy (non-hydrogen) atoms. The van der Waals surface area contributed by atoms with Crippen molar-refractivity contribution in [2.75, 3.05) is 11.9 Å². The minimum atomic E-state index is -1.07. The van der Waals surface area contributed by atoms with Gasteiger partial charge in [-0.3, -0.25) is 9.59 Å². The Balaban J connectivity index is 1.72. The Morgan fingerprint density at radius 1 is 1.46 bits per heavy atom. The molecule has 0 radical (unpaired) electrons. The topological polar surface area (TPSA) is 117 Å². The molecule has 2 N–H and O–H groups in total. The highest BCUT2D eigenvalue weighted by molar-refractivity contribution is 5.95. The number of nitrogens with one attached hydrogen (secondary N) is 2. The van der Waals surface area contributed by atoms with Crippen molar-refractivity contribution >= 4 is 17.5 Å². The minimum Gasteiger partial charge on any atom is -0.482 e. The lowest BCUT2D eigenvalue weighted by Crippen LogP contribution is -2.27. The molecule has 2 aromatic rings. The van der Waals surface area contributed by atoms with Crippen molar-refractivity contribution in [1.29, 1.82) is 5.26 Å². The quantitative estimate of drug-likeness (QED) is 0.859. The number of ether oxygens (including phenoxy) is 1. The molecule has 0 aliphatic carbocycles. The molecule has 1 aliphatic rings. The van der Waals surface area contributed by atoms with Gasteiger partial charge in [0.25, 0.3) is 11.8 Å². The van der Waals surface area contributed by atoms with Gasteiger partial charge in [-0.1, -0.05) is 6.07 Å². The zero-order valence-corrected chi connectivity index (χ0v) is 12.2. The highest BCUT2D eigenvalue weighted by atomic mass is 19.1. The molecule has 3 rings (SSSR count). The highest BCUT2D eigenvalue weighted by Gasteiger charge is 2.19. The number of fused-ring (bicyclic) bond motifs is 1. The summed E-state index contributed by atoms with van der Waals surface area (Å²) in [5.74, 6) is -1.58. The van der Waals surface area contributed by atoms with Gasteiger partial charge in [0.05, 0.1) is 5.69 Å². The second-order valence-electron chi connectivity index (χ2n) is 4.85. The first-order chi connectivity index (χ1) is 11.6. The Kier molecular flexibility index (Phi) is 4.03. The first-order valence-electron chi connectivity index (χ1n) is 6.83. The van der Waals surface area contributed by atoms with E-state index in [1.165, 1.54) is 0 Å².